The molecule has 1 heterocycles. The average Bonchev–Trinajstić information content (AvgIpc) is 3.06. The average molecular weight is 346 g/mol. The quantitative estimate of drug-likeness (QED) is 0.776. The standard InChI is InChI=1S/C20H30N2O3/c1-24-18-8-4-6-16(14-18)7-5-12-21-19(23)22-17-9-13-25-20(15-17)10-2-3-11-20/h4,6,8,14,17H,2-3,5,7,9-13,15H2,1H3,(H2,21,22,23)/t17-/m1/s1. The van der Waals surface area contributed by atoms with Crippen LogP contribution in [0.1, 0.15) is 50.5 Å². The van der Waals surface area contributed by atoms with Gasteiger partial charge in [0, 0.05) is 19.2 Å². The molecule has 2 fully saturated rings. The summed E-state index contributed by atoms with van der Waals surface area (Å²) in [5.41, 5.74) is 1.27. The number of carbonyl (C=O) groups excluding carboxylic acids is 1. The molecular weight excluding hydrogens is 316 g/mol. The Kier molecular flexibility index (Phi) is 6.19. The Balaban J connectivity index is 1.35. The topological polar surface area (TPSA) is 59.6 Å². The molecule has 1 saturated carbocycles. The SMILES string of the molecule is COc1cccc(CCCNC(=O)N[C@@H]2CCOC3(CCCC3)C2)c1. The van der Waals surface area contributed by atoms with Crippen molar-refractivity contribution in [2.75, 3.05) is 20.3 Å². The van der Waals surface area contributed by atoms with Crippen LogP contribution in [0.5, 0.6) is 5.75 Å². The first-order valence-corrected chi connectivity index (χ1v) is 9.50. The summed E-state index contributed by atoms with van der Waals surface area (Å²) < 4.78 is 11.3. The first-order chi connectivity index (χ1) is 12.2. The van der Waals surface area contributed by atoms with Crippen molar-refractivity contribution in [1.82, 2.24) is 10.6 Å². The highest BCUT2D eigenvalue weighted by Gasteiger charge is 2.40. The summed E-state index contributed by atoms with van der Waals surface area (Å²) in [6, 6.07) is 8.27. The van der Waals surface area contributed by atoms with Crippen LogP contribution in [0.25, 0.3) is 0 Å². The van der Waals surface area contributed by atoms with Crippen LogP contribution in [-0.4, -0.2) is 37.9 Å². The molecule has 5 nitrogen and oxygen atoms in total. The van der Waals surface area contributed by atoms with Crippen LogP contribution in [-0.2, 0) is 11.2 Å². The number of urea groups is 1. The van der Waals surface area contributed by atoms with Crippen LogP contribution >= 0.6 is 0 Å². The lowest BCUT2D eigenvalue weighted by molar-refractivity contribution is -0.0820. The highest BCUT2D eigenvalue weighted by Crippen LogP contribution is 2.39. The Hall–Kier alpha value is -1.75. The van der Waals surface area contributed by atoms with Gasteiger partial charge in [0.15, 0.2) is 0 Å². The fraction of sp³-hybridized carbons (Fsp3) is 0.650. The molecule has 1 spiro atoms. The maximum Gasteiger partial charge on any atom is 0.315 e. The summed E-state index contributed by atoms with van der Waals surface area (Å²) in [7, 11) is 1.68. The van der Waals surface area contributed by atoms with Crippen molar-refractivity contribution in [3.05, 3.63) is 29.8 Å². The molecule has 2 N–H and O–H groups in total. The van der Waals surface area contributed by atoms with Crippen molar-refractivity contribution >= 4 is 6.03 Å². The number of rotatable bonds is 6. The first kappa shape index (κ1) is 18.1. The van der Waals surface area contributed by atoms with E-state index in [1.165, 1.54) is 18.4 Å². The monoisotopic (exact) mass is 346 g/mol. The molecule has 5 heteroatoms. The van der Waals surface area contributed by atoms with Crippen molar-refractivity contribution in [2.45, 2.75) is 63.0 Å². The van der Waals surface area contributed by atoms with E-state index in [0.717, 1.165) is 50.9 Å². The van der Waals surface area contributed by atoms with E-state index < -0.39 is 0 Å². The second-order valence-electron chi connectivity index (χ2n) is 7.28. The maximum absolute atomic E-state index is 12.1. The normalized spacial score (nSPS) is 21.9. The molecule has 2 aliphatic rings. The smallest absolute Gasteiger partial charge is 0.315 e. The molecule has 3 rings (SSSR count). The lowest BCUT2D eigenvalue weighted by Crippen LogP contribution is -2.50. The summed E-state index contributed by atoms with van der Waals surface area (Å²) in [6.45, 7) is 1.44. The fourth-order valence-electron chi connectivity index (χ4n) is 4.08. The van der Waals surface area contributed by atoms with Gasteiger partial charge in [0.1, 0.15) is 5.75 Å². The number of methoxy groups -OCH3 is 1. The van der Waals surface area contributed by atoms with Crippen LogP contribution < -0.4 is 15.4 Å². The molecule has 1 aromatic rings. The first-order valence-electron chi connectivity index (χ1n) is 9.50. The van der Waals surface area contributed by atoms with Crippen LogP contribution in [0.15, 0.2) is 24.3 Å². The lowest BCUT2D eigenvalue weighted by atomic mass is 9.89. The minimum Gasteiger partial charge on any atom is -0.497 e. The molecule has 1 atom stereocenters. The van der Waals surface area contributed by atoms with Crippen LogP contribution in [0.2, 0.25) is 0 Å². The number of aryl methyl sites for hydroxylation is 1. The number of nitrogens with one attached hydrogen (secondary N) is 2. The molecule has 138 valence electrons. The van der Waals surface area contributed by atoms with E-state index in [4.69, 9.17) is 9.47 Å². The zero-order chi connectivity index (χ0) is 17.5. The molecule has 0 radical (unpaired) electrons. The van der Waals surface area contributed by atoms with Gasteiger partial charge in [-0.2, -0.15) is 0 Å². The van der Waals surface area contributed by atoms with Gasteiger partial charge in [-0.1, -0.05) is 25.0 Å². The summed E-state index contributed by atoms with van der Waals surface area (Å²) in [5.74, 6) is 0.878. The molecule has 1 saturated heterocycles. The molecule has 25 heavy (non-hydrogen) atoms. The van der Waals surface area contributed by atoms with E-state index in [1.807, 2.05) is 18.2 Å². The maximum atomic E-state index is 12.1. The van der Waals surface area contributed by atoms with E-state index in [2.05, 4.69) is 16.7 Å². The van der Waals surface area contributed by atoms with Gasteiger partial charge in [0.05, 0.1) is 12.7 Å². The Morgan fingerprint density at radius 3 is 3.00 bits per heavy atom. The van der Waals surface area contributed by atoms with Gasteiger partial charge in [0.2, 0.25) is 0 Å². The number of carbonyl (C=O) groups is 1. The number of hydrogen-bond donors (Lipinski definition) is 2. The molecule has 0 unspecified atom stereocenters. The molecular formula is C20H30N2O3. The predicted octanol–water partition coefficient (Wildman–Crippen LogP) is 3.42. The molecule has 0 aromatic heterocycles. The van der Waals surface area contributed by atoms with Crippen molar-refractivity contribution in [2.24, 2.45) is 0 Å². The zero-order valence-corrected chi connectivity index (χ0v) is 15.2. The Morgan fingerprint density at radius 1 is 1.36 bits per heavy atom. The Morgan fingerprint density at radius 2 is 2.20 bits per heavy atom. The second kappa shape index (κ2) is 8.56. The summed E-state index contributed by atoms with van der Waals surface area (Å²) in [5, 5.41) is 6.12. The highest BCUT2D eigenvalue weighted by molar-refractivity contribution is 5.74. The second-order valence-corrected chi connectivity index (χ2v) is 7.28. The molecule has 0 bridgehead atoms. The summed E-state index contributed by atoms with van der Waals surface area (Å²) in [4.78, 5) is 12.1. The highest BCUT2D eigenvalue weighted by atomic mass is 16.5. The number of amides is 2. The van der Waals surface area contributed by atoms with Crippen molar-refractivity contribution in [3.8, 4) is 5.75 Å². The van der Waals surface area contributed by atoms with E-state index >= 15 is 0 Å². The van der Waals surface area contributed by atoms with Gasteiger partial charge in [-0.05, 0) is 56.2 Å². The van der Waals surface area contributed by atoms with E-state index in [0.29, 0.717) is 6.54 Å². The molecule has 1 aliphatic heterocycles. The minimum absolute atomic E-state index is 0.0442. The van der Waals surface area contributed by atoms with Crippen LogP contribution in [0, 0.1) is 0 Å². The summed E-state index contributed by atoms with van der Waals surface area (Å²) in [6.07, 6.45) is 8.52. The van der Waals surface area contributed by atoms with Crippen molar-refractivity contribution in [3.63, 3.8) is 0 Å². The third kappa shape index (κ3) is 5.11. The van der Waals surface area contributed by atoms with Crippen LogP contribution in [0.3, 0.4) is 0 Å². The Bertz CT molecular complexity index is 570. The minimum atomic E-state index is -0.0503. The van der Waals surface area contributed by atoms with Gasteiger partial charge in [-0.25, -0.2) is 4.79 Å². The van der Waals surface area contributed by atoms with E-state index in [1.54, 1.807) is 7.11 Å². The van der Waals surface area contributed by atoms with Crippen LogP contribution in [0.4, 0.5) is 4.79 Å². The Labute approximate surface area is 150 Å². The third-order valence-electron chi connectivity index (χ3n) is 5.40. The van der Waals surface area contributed by atoms with Gasteiger partial charge < -0.3 is 20.1 Å². The number of ether oxygens (including phenoxy) is 2. The third-order valence-corrected chi connectivity index (χ3v) is 5.40. The van der Waals surface area contributed by atoms with E-state index in [9.17, 15) is 4.79 Å². The molecule has 2 amide bonds. The molecule has 1 aliphatic carbocycles. The largest absolute Gasteiger partial charge is 0.497 e. The number of benzene rings is 1. The summed E-state index contributed by atoms with van der Waals surface area (Å²) >= 11 is 0. The van der Waals surface area contributed by atoms with E-state index in [-0.39, 0.29) is 17.7 Å². The van der Waals surface area contributed by atoms with Gasteiger partial charge in [-0.3, -0.25) is 0 Å². The number of hydrogen-bond acceptors (Lipinski definition) is 3. The fourth-order valence-corrected chi connectivity index (χ4v) is 4.08. The van der Waals surface area contributed by atoms with Crippen molar-refractivity contribution in [1.29, 1.82) is 0 Å². The van der Waals surface area contributed by atoms with Gasteiger partial charge in [0.25, 0.3) is 0 Å². The predicted molar refractivity (Wildman–Crippen MR) is 98.0 cm³/mol. The molecule has 1 aromatic carbocycles. The zero-order valence-electron chi connectivity index (χ0n) is 15.2. The van der Waals surface area contributed by atoms with Gasteiger partial charge in [-0.15, -0.1) is 0 Å². The van der Waals surface area contributed by atoms with Crippen molar-refractivity contribution < 1.29 is 14.3 Å². The lowest BCUT2D eigenvalue weighted by Gasteiger charge is -2.38. The van der Waals surface area contributed by atoms with Gasteiger partial charge >= 0.3 is 6.03 Å².